The van der Waals surface area contributed by atoms with Gasteiger partial charge in [0.25, 0.3) is 0 Å². The number of ether oxygens (including phenoxy) is 2. The predicted molar refractivity (Wildman–Crippen MR) is 101 cm³/mol. The van der Waals surface area contributed by atoms with Gasteiger partial charge >= 0.3 is 0 Å². The third-order valence-corrected chi connectivity index (χ3v) is 4.57. The van der Waals surface area contributed by atoms with Gasteiger partial charge in [0.2, 0.25) is 0 Å². The molecule has 0 spiro atoms. The summed E-state index contributed by atoms with van der Waals surface area (Å²) in [7, 11) is 0. The van der Waals surface area contributed by atoms with Crippen LogP contribution in [-0.2, 0) is 4.74 Å². The second kappa shape index (κ2) is 7.64. The van der Waals surface area contributed by atoms with Crippen LogP contribution in [0.4, 0.5) is 0 Å². The number of hydrogen-bond acceptors (Lipinski definition) is 3. The first-order chi connectivity index (χ1) is 11.1. The van der Waals surface area contributed by atoms with Crippen molar-refractivity contribution < 1.29 is 9.47 Å². The van der Waals surface area contributed by atoms with E-state index in [1.807, 2.05) is 42.5 Å². The second-order valence-electron chi connectivity index (χ2n) is 5.44. The van der Waals surface area contributed by atoms with E-state index in [1.54, 1.807) is 0 Å². The van der Waals surface area contributed by atoms with Crippen LogP contribution in [0.5, 0.6) is 5.75 Å². The molecule has 0 unspecified atom stereocenters. The van der Waals surface area contributed by atoms with Crippen molar-refractivity contribution in [1.82, 2.24) is 0 Å². The summed E-state index contributed by atoms with van der Waals surface area (Å²) < 4.78 is 12.2. The highest BCUT2D eigenvalue weighted by Gasteiger charge is 2.21. The summed E-state index contributed by atoms with van der Waals surface area (Å²) in [5, 5.41) is 8.94. The molecular formula is C18H17ClINO2. The molecule has 3 rings (SSSR count). The van der Waals surface area contributed by atoms with Gasteiger partial charge in [0, 0.05) is 14.7 Å². The topological polar surface area (TPSA) is 42.3 Å². The Morgan fingerprint density at radius 2 is 1.87 bits per heavy atom. The fraction of sp³-hybridized carbons (Fsp3) is 0.278. The molecule has 1 aliphatic carbocycles. The maximum Gasteiger partial charge on any atom is 0.119 e. The van der Waals surface area contributed by atoms with Crippen molar-refractivity contribution in [2.75, 3.05) is 13.2 Å². The number of nitrogens with one attached hydrogen (secondary N) is 1. The Balaban J connectivity index is 1.61. The molecule has 0 atom stereocenters. The van der Waals surface area contributed by atoms with E-state index in [0.29, 0.717) is 30.1 Å². The molecule has 120 valence electrons. The third kappa shape index (κ3) is 4.68. The summed E-state index contributed by atoms with van der Waals surface area (Å²) in [4.78, 5) is 0. The van der Waals surface area contributed by atoms with E-state index in [1.165, 1.54) is 12.8 Å². The molecule has 1 aliphatic rings. The monoisotopic (exact) mass is 441 g/mol. The third-order valence-electron chi connectivity index (χ3n) is 3.57. The fourth-order valence-corrected chi connectivity index (χ4v) is 2.87. The van der Waals surface area contributed by atoms with E-state index >= 15 is 0 Å². The van der Waals surface area contributed by atoms with Crippen LogP contribution in [0, 0.1) is 8.98 Å². The smallest absolute Gasteiger partial charge is 0.119 e. The minimum Gasteiger partial charge on any atom is -0.491 e. The first kappa shape index (κ1) is 16.7. The molecule has 0 aliphatic heterocycles. The van der Waals surface area contributed by atoms with Crippen LogP contribution >= 0.6 is 34.2 Å². The zero-order chi connectivity index (χ0) is 16.2. The summed E-state index contributed by atoms with van der Waals surface area (Å²) in [6.45, 7) is 1.18. The van der Waals surface area contributed by atoms with E-state index in [0.717, 1.165) is 20.4 Å². The Labute approximate surface area is 154 Å². The Bertz CT molecular complexity index is 699. The van der Waals surface area contributed by atoms with Crippen LogP contribution in [0.2, 0.25) is 5.02 Å². The van der Waals surface area contributed by atoms with Gasteiger partial charge in [0.15, 0.2) is 0 Å². The van der Waals surface area contributed by atoms with Crippen LogP contribution in [0.15, 0.2) is 42.5 Å². The van der Waals surface area contributed by atoms with Crippen LogP contribution in [0.3, 0.4) is 0 Å². The summed E-state index contributed by atoms with van der Waals surface area (Å²) in [6.07, 6.45) is 2.81. The molecule has 3 nitrogen and oxygen atoms in total. The highest BCUT2D eigenvalue weighted by atomic mass is 127. The van der Waals surface area contributed by atoms with E-state index in [4.69, 9.17) is 26.5 Å². The zero-order valence-corrected chi connectivity index (χ0v) is 15.4. The van der Waals surface area contributed by atoms with Gasteiger partial charge in [0.05, 0.1) is 23.4 Å². The predicted octanol–water partition coefficient (Wildman–Crippen LogP) is 4.92. The molecule has 0 saturated heterocycles. The number of benzene rings is 2. The standard InChI is InChI=1S/C18H17ClINO2/c19-17-8-3-13(20)11-16(17)18(21)12-1-4-14(5-2-12)22-9-10-23-15-6-7-15/h1-5,8,11,15,21H,6-7,9-10H2. The Hall–Kier alpha value is -1.11. The molecule has 2 aromatic rings. The van der Waals surface area contributed by atoms with Crippen LogP contribution < -0.4 is 4.74 Å². The molecule has 0 amide bonds. The lowest BCUT2D eigenvalue weighted by Crippen LogP contribution is -2.08. The molecule has 0 bridgehead atoms. The van der Waals surface area contributed by atoms with Gasteiger partial charge in [0.1, 0.15) is 12.4 Å². The minimum atomic E-state index is 0.414. The van der Waals surface area contributed by atoms with Crippen molar-refractivity contribution in [2.45, 2.75) is 18.9 Å². The quantitative estimate of drug-likeness (QED) is 0.376. The lowest BCUT2D eigenvalue weighted by Gasteiger charge is -2.10. The molecule has 0 heterocycles. The van der Waals surface area contributed by atoms with Gasteiger partial charge in [-0.05, 0) is 77.9 Å². The Morgan fingerprint density at radius 3 is 2.57 bits per heavy atom. The molecule has 2 aromatic carbocycles. The molecule has 23 heavy (non-hydrogen) atoms. The highest BCUT2D eigenvalue weighted by molar-refractivity contribution is 14.1. The summed E-state index contributed by atoms with van der Waals surface area (Å²) in [6, 6.07) is 13.2. The molecule has 5 heteroatoms. The Kier molecular flexibility index (Phi) is 5.56. The van der Waals surface area contributed by atoms with Crippen molar-refractivity contribution >= 4 is 39.9 Å². The number of halogens is 2. The number of rotatable bonds is 7. The van der Waals surface area contributed by atoms with Crippen molar-refractivity contribution in [3.63, 3.8) is 0 Å². The highest BCUT2D eigenvalue weighted by Crippen LogP contribution is 2.24. The normalized spacial score (nSPS) is 13.8. The van der Waals surface area contributed by atoms with Crippen molar-refractivity contribution in [3.8, 4) is 5.75 Å². The van der Waals surface area contributed by atoms with E-state index < -0.39 is 0 Å². The maximum absolute atomic E-state index is 8.35. The number of hydrogen-bond donors (Lipinski definition) is 1. The van der Waals surface area contributed by atoms with Crippen LogP contribution in [0.25, 0.3) is 0 Å². The van der Waals surface area contributed by atoms with Gasteiger partial charge in [-0.3, -0.25) is 5.41 Å². The summed E-state index contributed by atoms with van der Waals surface area (Å²) in [5.41, 5.74) is 1.97. The van der Waals surface area contributed by atoms with Crippen LogP contribution in [0.1, 0.15) is 24.0 Å². The van der Waals surface area contributed by atoms with Crippen molar-refractivity contribution in [2.24, 2.45) is 0 Å². The van der Waals surface area contributed by atoms with E-state index in [-0.39, 0.29) is 0 Å². The second-order valence-corrected chi connectivity index (χ2v) is 7.09. The average Bonchev–Trinajstić information content (AvgIpc) is 3.38. The molecule has 0 radical (unpaired) electrons. The molecule has 0 aromatic heterocycles. The lowest BCUT2D eigenvalue weighted by atomic mass is 10.0. The molecule has 1 N–H and O–H groups in total. The maximum atomic E-state index is 8.35. The SMILES string of the molecule is N=C(c1ccc(OCCOC2CC2)cc1)c1cc(I)ccc1Cl. The fourth-order valence-electron chi connectivity index (χ4n) is 2.17. The zero-order valence-electron chi connectivity index (χ0n) is 12.5. The van der Waals surface area contributed by atoms with Gasteiger partial charge in [-0.2, -0.15) is 0 Å². The first-order valence-electron chi connectivity index (χ1n) is 7.52. The minimum absolute atomic E-state index is 0.414. The molecule has 1 saturated carbocycles. The van der Waals surface area contributed by atoms with Gasteiger partial charge in [-0.15, -0.1) is 0 Å². The van der Waals surface area contributed by atoms with Crippen molar-refractivity contribution in [3.05, 3.63) is 62.2 Å². The Morgan fingerprint density at radius 1 is 1.13 bits per heavy atom. The summed E-state index contributed by atoms with van der Waals surface area (Å²) in [5.74, 6) is 0.787. The van der Waals surface area contributed by atoms with E-state index in [9.17, 15) is 0 Å². The molecule has 1 fully saturated rings. The first-order valence-corrected chi connectivity index (χ1v) is 8.98. The van der Waals surface area contributed by atoms with E-state index in [2.05, 4.69) is 22.6 Å². The summed E-state index contributed by atoms with van der Waals surface area (Å²) >= 11 is 8.43. The van der Waals surface area contributed by atoms with Gasteiger partial charge < -0.3 is 9.47 Å². The van der Waals surface area contributed by atoms with Gasteiger partial charge in [-0.25, -0.2) is 0 Å². The van der Waals surface area contributed by atoms with Crippen LogP contribution in [-0.4, -0.2) is 25.0 Å². The lowest BCUT2D eigenvalue weighted by molar-refractivity contribution is 0.0881. The molecular weight excluding hydrogens is 425 g/mol. The largest absolute Gasteiger partial charge is 0.491 e. The van der Waals surface area contributed by atoms with Gasteiger partial charge in [-0.1, -0.05) is 11.6 Å². The average molecular weight is 442 g/mol. The van der Waals surface area contributed by atoms with Crippen molar-refractivity contribution in [1.29, 1.82) is 5.41 Å².